The van der Waals surface area contributed by atoms with Gasteiger partial charge in [-0.25, -0.2) is 4.98 Å². The van der Waals surface area contributed by atoms with Gasteiger partial charge in [0.05, 0.1) is 10.7 Å². The normalized spacial score (nSPS) is 17.2. The van der Waals surface area contributed by atoms with Gasteiger partial charge in [-0.15, -0.1) is 11.3 Å². The number of thiazole rings is 1. The summed E-state index contributed by atoms with van der Waals surface area (Å²) in [6.45, 7) is 4.34. The number of carbonyl (C=O) groups is 1. The van der Waals surface area contributed by atoms with Gasteiger partial charge in [-0.05, 0) is 32.6 Å². The standard InChI is InChI=1S/C11H17N3OS/c1-6-10(16-7(2)14-6)11(15)13-5-9(12)8-3-4-8/h8-9H,3-5,12H2,1-2H3,(H,13,15). The van der Waals surface area contributed by atoms with E-state index in [2.05, 4.69) is 10.3 Å². The van der Waals surface area contributed by atoms with Gasteiger partial charge in [0, 0.05) is 12.6 Å². The van der Waals surface area contributed by atoms with Crippen molar-refractivity contribution in [2.45, 2.75) is 32.7 Å². The van der Waals surface area contributed by atoms with E-state index in [1.54, 1.807) is 0 Å². The highest BCUT2D eigenvalue weighted by Crippen LogP contribution is 2.31. The van der Waals surface area contributed by atoms with Crippen molar-refractivity contribution in [1.29, 1.82) is 0 Å². The van der Waals surface area contributed by atoms with E-state index in [0.717, 1.165) is 10.7 Å². The van der Waals surface area contributed by atoms with Gasteiger partial charge in [-0.3, -0.25) is 4.79 Å². The lowest BCUT2D eigenvalue weighted by atomic mass is 10.2. The Labute approximate surface area is 99.3 Å². The second-order valence-electron chi connectivity index (χ2n) is 4.36. The molecule has 0 aliphatic heterocycles. The van der Waals surface area contributed by atoms with Crippen LogP contribution in [-0.2, 0) is 0 Å². The zero-order valence-corrected chi connectivity index (χ0v) is 10.4. The molecule has 0 radical (unpaired) electrons. The molecular formula is C11H17N3OS. The van der Waals surface area contributed by atoms with Crippen LogP contribution in [0.5, 0.6) is 0 Å². The zero-order valence-electron chi connectivity index (χ0n) is 9.62. The SMILES string of the molecule is Cc1nc(C)c(C(=O)NCC(N)C2CC2)s1. The van der Waals surface area contributed by atoms with E-state index in [1.807, 2.05) is 13.8 Å². The largest absolute Gasteiger partial charge is 0.350 e. The highest BCUT2D eigenvalue weighted by molar-refractivity contribution is 7.13. The van der Waals surface area contributed by atoms with Crippen molar-refractivity contribution in [2.24, 2.45) is 11.7 Å². The molecule has 1 unspecified atom stereocenters. The molecule has 1 fully saturated rings. The second kappa shape index (κ2) is 4.51. The fraction of sp³-hybridized carbons (Fsp3) is 0.636. The minimum absolute atomic E-state index is 0.0424. The number of nitrogens with one attached hydrogen (secondary N) is 1. The molecule has 1 amide bonds. The topological polar surface area (TPSA) is 68.0 Å². The van der Waals surface area contributed by atoms with Crippen molar-refractivity contribution in [3.8, 4) is 0 Å². The number of hydrogen-bond acceptors (Lipinski definition) is 4. The lowest BCUT2D eigenvalue weighted by Crippen LogP contribution is -2.38. The third kappa shape index (κ3) is 2.59. The molecule has 4 nitrogen and oxygen atoms in total. The first-order chi connectivity index (χ1) is 7.58. The van der Waals surface area contributed by atoms with E-state index < -0.39 is 0 Å². The molecule has 0 bridgehead atoms. The van der Waals surface area contributed by atoms with Gasteiger partial charge in [-0.2, -0.15) is 0 Å². The van der Waals surface area contributed by atoms with Crippen LogP contribution in [0.25, 0.3) is 0 Å². The van der Waals surface area contributed by atoms with Gasteiger partial charge < -0.3 is 11.1 Å². The van der Waals surface area contributed by atoms with Crippen molar-refractivity contribution in [2.75, 3.05) is 6.54 Å². The number of amides is 1. The van der Waals surface area contributed by atoms with Crippen LogP contribution < -0.4 is 11.1 Å². The molecule has 1 aromatic heterocycles. The summed E-state index contributed by atoms with van der Waals surface area (Å²) in [7, 11) is 0. The maximum Gasteiger partial charge on any atom is 0.263 e. The Hall–Kier alpha value is -0.940. The molecular weight excluding hydrogens is 222 g/mol. The molecule has 1 aliphatic carbocycles. The third-order valence-corrected chi connectivity index (χ3v) is 3.91. The minimum atomic E-state index is -0.0424. The Bertz CT molecular complexity index is 398. The minimum Gasteiger partial charge on any atom is -0.350 e. The molecule has 0 aromatic carbocycles. The molecule has 0 spiro atoms. The number of aryl methyl sites for hydroxylation is 2. The predicted molar refractivity (Wildman–Crippen MR) is 64.6 cm³/mol. The van der Waals surface area contributed by atoms with Crippen molar-refractivity contribution in [3.05, 3.63) is 15.6 Å². The number of carbonyl (C=O) groups excluding carboxylic acids is 1. The molecule has 0 saturated heterocycles. The quantitative estimate of drug-likeness (QED) is 0.830. The van der Waals surface area contributed by atoms with Gasteiger partial charge in [0.1, 0.15) is 4.88 Å². The first kappa shape index (κ1) is 11.5. The number of aromatic nitrogens is 1. The summed E-state index contributed by atoms with van der Waals surface area (Å²) < 4.78 is 0. The first-order valence-corrected chi connectivity index (χ1v) is 6.37. The third-order valence-electron chi connectivity index (χ3n) is 2.84. The van der Waals surface area contributed by atoms with Crippen LogP contribution in [0.1, 0.15) is 33.2 Å². The Balaban J connectivity index is 1.89. The fourth-order valence-corrected chi connectivity index (χ4v) is 2.56. The highest BCUT2D eigenvalue weighted by Gasteiger charge is 2.28. The number of rotatable bonds is 4. The molecule has 1 aromatic rings. The molecule has 88 valence electrons. The van der Waals surface area contributed by atoms with Gasteiger partial charge in [0.25, 0.3) is 5.91 Å². The van der Waals surface area contributed by atoms with Crippen LogP contribution in [0, 0.1) is 19.8 Å². The van der Waals surface area contributed by atoms with E-state index in [4.69, 9.17) is 5.73 Å². The van der Waals surface area contributed by atoms with E-state index in [0.29, 0.717) is 17.3 Å². The van der Waals surface area contributed by atoms with Crippen LogP contribution >= 0.6 is 11.3 Å². The molecule has 1 aliphatic rings. The maximum atomic E-state index is 11.8. The number of nitrogens with zero attached hydrogens (tertiary/aromatic N) is 1. The van der Waals surface area contributed by atoms with E-state index in [-0.39, 0.29) is 11.9 Å². The Morgan fingerprint density at radius 2 is 2.31 bits per heavy atom. The van der Waals surface area contributed by atoms with Gasteiger partial charge in [0.15, 0.2) is 0 Å². The van der Waals surface area contributed by atoms with Gasteiger partial charge in [-0.1, -0.05) is 0 Å². The highest BCUT2D eigenvalue weighted by atomic mass is 32.1. The number of hydrogen-bond donors (Lipinski definition) is 2. The lowest BCUT2D eigenvalue weighted by Gasteiger charge is -2.10. The Kier molecular flexibility index (Phi) is 3.25. The molecule has 5 heteroatoms. The molecule has 1 heterocycles. The fourth-order valence-electron chi connectivity index (χ4n) is 1.72. The van der Waals surface area contributed by atoms with E-state index in [1.165, 1.54) is 24.2 Å². The lowest BCUT2D eigenvalue weighted by molar-refractivity contribution is 0.0953. The van der Waals surface area contributed by atoms with Crippen molar-refractivity contribution in [3.63, 3.8) is 0 Å². The molecule has 1 atom stereocenters. The monoisotopic (exact) mass is 239 g/mol. The summed E-state index contributed by atoms with van der Waals surface area (Å²) in [6.07, 6.45) is 2.41. The summed E-state index contributed by atoms with van der Waals surface area (Å²) >= 11 is 1.43. The molecule has 1 saturated carbocycles. The Morgan fingerprint density at radius 3 is 2.81 bits per heavy atom. The molecule has 3 N–H and O–H groups in total. The second-order valence-corrected chi connectivity index (χ2v) is 5.56. The molecule has 2 rings (SSSR count). The van der Waals surface area contributed by atoms with Crippen LogP contribution in [0.2, 0.25) is 0 Å². The summed E-state index contributed by atoms with van der Waals surface area (Å²) in [4.78, 5) is 16.8. The van der Waals surface area contributed by atoms with Crippen LogP contribution in [0.3, 0.4) is 0 Å². The average molecular weight is 239 g/mol. The summed E-state index contributed by atoms with van der Waals surface area (Å²) in [5.41, 5.74) is 6.73. The van der Waals surface area contributed by atoms with Crippen LogP contribution in [0.4, 0.5) is 0 Å². The first-order valence-electron chi connectivity index (χ1n) is 5.55. The maximum absolute atomic E-state index is 11.8. The summed E-state index contributed by atoms with van der Waals surface area (Å²) in [5.74, 6) is 0.573. The van der Waals surface area contributed by atoms with Crippen LogP contribution in [0.15, 0.2) is 0 Å². The van der Waals surface area contributed by atoms with E-state index in [9.17, 15) is 4.79 Å². The Morgan fingerprint density at radius 1 is 1.62 bits per heavy atom. The summed E-state index contributed by atoms with van der Waals surface area (Å²) in [6, 6.07) is 0.110. The number of nitrogens with two attached hydrogens (primary N) is 1. The van der Waals surface area contributed by atoms with E-state index >= 15 is 0 Å². The smallest absolute Gasteiger partial charge is 0.263 e. The van der Waals surface area contributed by atoms with Gasteiger partial charge >= 0.3 is 0 Å². The average Bonchev–Trinajstić information content (AvgIpc) is 3.01. The van der Waals surface area contributed by atoms with Gasteiger partial charge in [0.2, 0.25) is 0 Å². The summed E-state index contributed by atoms with van der Waals surface area (Å²) in [5, 5.41) is 3.81. The van der Waals surface area contributed by atoms with Crippen LogP contribution in [-0.4, -0.2) is 23.5 Å². The predicted octanol–water partition coefficient (Wildman–Crippen LogP) is 1.23. The molecule has 16 heavy (non-hydrogen) atoms. The van der Waals surface area contributed by atoms with Crippen molar-refractivity contribution in [1.82, 2.24) is 10.3 Å². The van der Waals surface area contributed by atoms with Crippen molar-refractivity contribution < 1.29 is 4.79 Å². The van der Waals surface area contributed by atoms with Crippen molar-refractivity contribution >= 4 is 17.2 Å². The zero-order chi connectivity index (χ0) is 11.7.